The molecule has 0 saturated heterocycles. The number of pyridine rings is 1. The number of hydrogen-bond acceptors (Lipinski definition) is 5. The Kier molecular flexibility index (Phi) is 8.65. The quantitative estimate of drug-likeness (QED) is 0.399. The van der Waals surface area contributed by atoms with Crippen LogP contribution in [0.3, 0.4) is 0 Å². The van der Waals surface area contributed by atoms with Crippen molar-refractivity contribution in [2.45, 2.75) is 27.2 Å². The predicted octanol–water partition coefficient (Wildman–Crippen LogP) is 4.26. The molecule has 3 amide bonds. The minimum Gasteiger partial charge on any atom is -0.457 e. The second-order valence-corrected chi connectivity index (χ2v) is 7.48. The van der Waals surface area contributed by atoms with E-state index in [2.05, 4.69) is 39.7 Å². The first-order valence-corrected chi connectivity index (χ1v) is 11.3. The normalized spacial score (nSPS) is 10.9. The smallest absolute Gasteiger partial charge is 0.326 e. The van der Waals surface area contributed by atoms with Crippen molar-refractivity contribution in [2.75, 3.05) is 38.0 Å². The molecule has 0 spiro atoms. The van der Waals surface area contributed by atoms with Gasteiger partial charge in [0, 0.05) is 36.9 Å². The molecule has 0 fully saturated rings. The zero-order chi connectivity index (χ0) is 23.6. The van der Waals surface area contributed by atoms with Gasteiger partial charge >= 0.3 is 12.1 Å². The maximum Gasteiger partial charge on any atom is 0.326 e. The van der Waals surface area contributed by atoms with Crippen LogP contribution in [0.4, 0.5) is 15.4 Å². The summed E-state index contributed by atoms with van der Waals surface area (Å²) in [4.78, 5) is 30.8. The van der Waals surface area contributed by atoms with E-state index >= 15 is 0 Å². The highest BCUT2D eigenvalue weighted by atomic mass is 16.5. The van der Waals surface area contributed by atoms with Crippen LogP contribution >= 0.6 is 0 Å². The molecule has 0 unspecified atom stereocenters. The van der Waals surface area contributed by atoms with Crippen LogP contribution in [0.5, 0.6) is 11.5 Å². The van der Waals surface area contributed by atoms with E-state index in [1.54, 1.807) is 35.2 Å². The van der Waals surface area contributed by atoms with Crippen molar-refractivity contribution < 1.29 is 14.3 Å². The van der Waals surface area contributed by atoms with Crippen molar-refractivity contribution >= 4 is 28.8 Å². The van der Waals surface area contributed by atoms with E-state index in [0.29, 0.717) is 30.4 Å². The van der Waals surface area contributed by atoms with Gasteiger partial charge < -0.3 is 20.3 Å². The molecule has 0 saturated carbocycles. The van der Waals surface area contributed by atoms with Gasteiger partial charge in [-0.25, -0.2) is 14.6 Å². The lowest BCUT2D eigenvalue weighted by molar-refractivity contribution is 0.243. The summed E-state index contributed by atoms with van der Waals surface area (Å²) < 4.78 is 7.52. The summed E-state index contributed by atoms with van der Waals surface area (Å²) in [7, 11) is 0. The van der Waals surface area contributed by atoms with Crippen LogP contribution in [-0.2, 0) is 0 Å². The molecule has 3 aromatic rings. The molecular weight excluding hydrogens is 420 g/mol. The lowest BCUT2D eigenvalue weighted by Gasteiger charge is -2.17. The van der Waals surface area contributed by atoms with E-state index < -0.39 is 0 Å². The topological polar surface area (TPSA) is 101 Å². The molecule has 33 heavy (non-hydrogen) atoms. The molecule has 3 N–H and O–H groups in total. The van der Waals surface area contributed by atoms with Crippen LogP contribution in [0, 0.1) is 0 Å². The fraction of sp³-hybridized carbons (Fsp3) is 0.375. The third-order valence-corrected chi connectivity index (χ3v) is 5.25. The fourth-order valence-corrected chi connectivity index (χ4v) is 3.48. The summed E-state index contributed by atoms with van der Waals surface area (Å²) in [5.74, 6) is 1.57. The first-order chi connectivity index (χ1) is 16.0. The molecule has 3 rings (SSSR count). The zero-order valence-electron chi connectivity index (χ0n) is 19.4. The van der Waals surface area contributed by atoms with Crippen molar-refractivity contribution in [1.29, 1.82) is 0 Å². The van der Waals surface area contributed by atoms with E-state index in [-0.39, 0.29) is 12.1 Å². The van der Waals surface area contributed by atoms with Crippen LogP contribution < -0.4 is 20.7 Å². The van der Waals surface area contributed by atoms with Crippen molar-refractivity contribution in [2.24, 2.45) is 0 Å². The minimum absolute atomic E-state index is 0.169. The first kappa shape index (κ1) is 24.1. The highest BCUT2D eigenvalue weighted by molar-refractivity contribution is 5.92. The highest BCUT2D eigenvalue weighted by Crippen LogP contribution is 2.27. The SMILES string of the molecule is CCNC(=O)n1ccc2cc(Oc3ccnc(NC(=O)NCCCN(CC)CC)c3)ccc21. The molecule has 0 atom stereocenters. The summed E-state index contributed by atoms with van der Waals surface area (Å²) in [6, 6.07) is 10.3. The van der Waals surface area contributed by atoms with E-state index in [1.165, 1.54) is 0 Å². The summed E-state index contributed by atoms with van der Waals surface area (Å²) in [6.45, 7) is 10.3. The molecule has 0 radical (unpaired) electrons. The maximum absolute atomic E-state index is 12.2. The molecule has 0 aliphatic heterocycles. The number of hydrogen-bond donors (Lipinski definition) is 3. The molecule has 2 aromatic heterocycles. The zero-order valence-corrected chi connectivity index (χ0v) is 19.4. The Morgan fingerprint density at radius 1 is 1.03 bits per heavy atom. The van der Waals surface area contributed by atoms with Gasteiger partial charge in [0.05, 0.1) is 5.52 Å². The van der Waals surface area contributed by atoms with Crippen molar-refractivity contribution in [3.05, 3.63) is 48.8 Å². The summed E-state index contributed by atoms with van der Waals surface area (Å²) in [5.41, 5.74) is 0.794. The van der Waals surface area contributed by atoms with Gasteiger partial charge in [-0.05, 0) is 63.3 Å². The second kappa shape index (κ2) is 11.9. The van der Waals surface area contributed by atoms with Gasteiger partial charge in [-0.3, -0.25) is 9.88 Å². The van der Waals surface area contributed by atoms with Crippen LogP contribution in [0.2, 0.25) is 0 Å². The van der Waals surface area contributed by atoms with Crippen LogP contribution in [0.25, 0.3) is 10.9 Å². The average Bonchev–Trinajstić information content (AvgIpc) is 3.23. The minimum atomic E-state index is -0.299. The van der Waals surface area contributed by atoms with Gasteiger partial charge in [-0.15, -0.1) is 0 Å². The van der Waals surface area contributed by atoms with E-state index in [0.717, 1.165) is 37.0 Å². The Hall–Kier alpha value is -3.59. The number of ether oxygens (including phenoxy) is 1. The molecule has 176 valence electrons. The molecule has 2 heterocycles. The van der Waals surface area contributed by atoms with Gasteiger partial charge in [0.1, 0.15) is 17.3 Å². The van der Waals surface area contributed by atoms with Crippen molar-refractivity contribution in [1.82, 2.24) is 25.1 Å². The van der Waals surface area contributed by atoms with Crippen LogP contribution in [-0.4, -0.2) is 59.2 Å². The summed E-state index contributed by atoms with van der Waals surface area (Å²) >= 11 is 0. The Morgan fingerprint density at radius 3 is 2.58 bits per heavy atom. The second-order valence-electron chi connectivity index (χ2n) is 7.48. The predicted molar refractivity (Wildman–Crippen MR) is 130 cm³/mol. The average molecular weight is 453 g/mol. The largest absolute Gasteiger partial charge is 0.457 e. The van der Waals surface area contributed by atoms with E-state index in [4.69, 9.17) is 4.74 Å². The molecule has 9 nitrogen and oxygen atoms in total. The number of benzene rings is 1. The van der Waals surface area contributed by atoms with Gasteiger partial charge in [0.2, 0.25) is 0 Å². The number of nitrogens with zero attached hydrogens (tertiary/aromatic N) is 3. The molecule has 1 aromatic carbocycles. The monoisotopic (exact) mass is 452 g/mol. The lowest BCUT2D eigenvalue weighted by Crippen LogP contribution is -2.32. The Balaban J connectivity index is 1.57. The number of nitrogens with one attached hydrogen (secondary N) is 3. The maximum atomic E-state index is 12.2. The third-order valence-electron chi connectivity index (χ3n) is 5.25. The summed E-state index contributed by atoms with van der Waals surface area (Å²) in [5, 5.41) is 9.26. The first-order valence-electron chi connectivity index (χ1n) is 11.3. The Morgan fingerprint density at radius 2 is 1.82 bits per heavy atom. The van der Waals surface area contributed by atoms with Crippen molar-refractivity contribution in [3.63, 3.8) is 0 Å². The van der Waals surface area contributed by atoms with Gasteiger partial charge in [0.15, 0.2) is 0 Å². The number of rotatable bonds is 10. The standard InChI is InChI=1S/C24H32N6O3/c1-4-25-24(32)30-15-11-18-16-19(8-9-21(18)30)33-20-10-13-26-22(17-20)28-23(31)27-12-7-14-29(5-2)6-3/h8-11,13,15-17H,4-7,12,14H2,1-3H3,(H,25,32)(H2,26,27,28,31). The summed E-state index contributed by atoms with van der Waals surface area (Å²) in [6.07, 6.45) is 4.19. The van der Waals surface area contributed by atoms with E-state index in [9.17, 15) is 9.59 Å². The molecule has 0 aliphatic rings. The molecule has 9 heteroatoms. The Labute approximate surface area is 194 Å². The number of fused-ring (bicyclic) bond motifs is 1. The number of aromatic nitrogens is 2. The van der Waals surface area contributed by atoms with Gasteiger partial charge in [-0.2, -0.15) is 0 Å². The lowest BCUT2D eigenvalue weighted by atomic mass is 10.2. The van der Waals surface area contributed by atoms with Crippen LogP contribution in [0.15, 0.2) is 48.8 Å². The molecule has 0 bridgehead atoms. The van der Waals surface area contributed by atoms with Crippen LogP contribution in [0.1, 0.15) is 27.2 Å². The third kappa shape index (κ3) is 6.69. The number of carbonyl (C=O) groups is 2. The Bertz CT molecular complexity index is 1080. The fourth-order valence-electron chi connectivity index (χ4n) is 3.48. The number of anilines is 1. The number of carbonyl (C=O) groups excluding carboxylic acids is 2. The van der Waals surface area contributed by atoms with Crippen molar-refractivity contribution in [3.8, 4) is 11.5 Å². The molecular formula is C24H32N6O3. The number of amides is 3. The number of urea groups is 1. The van der Waals surface area contributed by atoms with Gasteiger partial charge in [0.25, 0.3) is 0 Å². The molecule has 0 aliphatic carbocycles. The highest BCUT2D eigenvalue weighted by Gasteiger charge is 2.10. The van der Waals surface area contributed by atoms with E-state index in [1.807, 2.05) is 25.1 Å². The van der Waals surface area contributed by atoms with Gasteiger partial charge in [-0.1, -0.05) is 13.8 Å².